The Kier molecular flexibility index (Phi) is 8.55. The van der Waals surface area contributed by atoms with Crippen LogP contribution in [0.25, 0.3) is 0 Å². The predicted octanol–water partition coefficient (Wildman–Crippen LogP) is -3.22. The van der Waals surface area contributed by atoms with Gasteiger partial charge in [-0.05, 0) is 17.7 Å². The number of rotatable bonds is 9. The summed E-state index contributed by atoms with van der Waals surface area (Å²) in [6.45, 7) is -1.03. The fourth-order valence-electron chi connectivity index (χ4n) is 5.89. The lowest BCUT2D eigenvalue weighted by Gasteiger charge is -2.24. The van der Waals surface area contributed by atoms with Gasteiger partial charge < -0.3 is 34.5 Å². The monoisotopic (exact) mass is 617 g/mol. The van der Waals surface area contributed by atoms with Gasteiger partial charge in [-0.2, -0.15) is 0 Å². The summed E-state index contributed by atoms with van der Waals surface area (Å²) in [6, 6.07) is 4.07. The molecule has 1 aromatic heterocycles. The van der Waals surface area contributed by atoms with E-state index in [0.29, 0.717) is 17.1 Å². The van der Waals surface area contributed by atoms with Crippen LogP contribution in [0.2, 0.25) is 0 Å². The Hall–Kier alpha value is -4.58. The van der Waals surface area contributed by atoms with Crippen LogP contribution in [0.5, 0.6) is 11.5 Å². The summed E-state index contributed by atoms with van der Waals surface area (Å²) in [5.74, 6) is -4.38. The van der Waals surface area contributed by atoms with Crippen LogP contribution >= 0.6 is 0 Å². The summed E-state index contributed by atoms with van der Waals surface area (Å²) >= 11 is 0. The minimum absolute atomic E-state index is 0.348. The number of carbonyl (C=O) groups is 4. The number of nitrogens with zero attached hydrogens (tertiary/aromatic N) is 2. The van der Waals surface area contributed by atoms with Crippen LogP contribution in [0.3, 0.4) is 0 Å². The number of amides is 3. The standard InChI is InChI=1S/C27H31N5O12/c1-41-12-5-4-11(8-13(12)42-2)19-18(26(39)43-3)17-20(30-19)24(38)32(23(17)37)10-16(34)28-9-14-21(35)22(36)25(44-14)31-7-6-15(33)29-27(31)40/h4-8,14,17-22,25,30,35-36H,9-10H2,1-3H3,(H,28,34)(H,29,33,40)/t14-,17+,18-,19-,20-,21-,22-,25-/m1/s1. The van der Waals surface area contributed by atoms with Gasteiger partial charge in [0.15, 0.2) is 17.7 Å². The maximum atomic E-state index is 13.5. The number of aliphatic hydroxyl groups excluding tert-OH is 2. The number of esters is 1. The highest BCUT2D eigenvalue weighted by Gasteiger charge is 2.61. The van der Waals surface area contributed by atoms with Crippen molar-refractivity contribution in [1.29, 1.82) is 0 Å². The first-order valence-corrected chi connectivity index (χ1v) is 13.5. The van der Waals surface area contributed by atoms with Gasteiger partial charge >= 0.3 is 11.7 Å². The van der Waals surface area contributed by atoms with Gasteiger partial charge in [0.25, 0.3) is 5.56 Å². The van der Waals surface area contributed by atoms with E-state index >= 15 is 0 Å². The van der Waals surface area contributed by atoms with Gasteiger partial charge in [0.1, 0.15) is 30.9 Å². The Balaban J connectivity index is 1.25. The molecule has 4 heterocycles. The zero-order valence-electron chi connectivity index (χ0n) is 23.8. The number of likely N-dealkylation sites (tertiary alicyclic amines) is 1. The smallest absolute Gasteiger partial charge is 0.330 e. The molecular weight excluding hydrogens is 586 g/mol. The fraction of sp³-hybridized carbons (Fsp3) is 0.481. The van der Waals surface area contributed by atoms with Gasteiger partial charge in [-0.25, -0.2) is 4.79 Å². The maximum Gasteiger partial charge on any atom is 0.330 e. The van der Waals surface area contributed by atoms with Gasteiger partial charge in [0.05, 0.1) is 33.2 Å². The first-order chi connectivity index (χ1) is 21.0. The predicted molar refractivity (Wildman–Crippen MR) is 145 cm³/mol. The number of nitrogens with one attached hydrogen (secondary N) is 3. The van der Waals surface area contributed by atoms with Crippen LogP contribution in [-0.2, 0) is 28.7 Å². The van der Waals surface area contributed by atoms with E-state index in [1.165, 1.54) is 21.3 Å². The lowest BCUT2D eigenvalue weighted by atomic mass is 9.85. The first-order valence-electron chi connectivity index (χ1n) is 13.5. The van der Waals surface area contributed by atoms with Gasteiger partial charge in [-0.1, -0.05) is 6.07 Å². The first kappa shape index (κ1) is 30.9. The SMILES string of the molecule is COC(=O)[C@@H]1[C@@H]2C(=O)N(CC(=O)NC[C@H]3O[C@@H](n4ccc(=O)[nH]c4=O)[C@H](O)[C@@H]3O)C(=O)[C@@H]2N[C@@H]1c1ccc(OC)c(OC)c1. The number of hydrogen-bond donors (Lipinski definition) is 5. The average molecular weight is 618 g/mol. The molecule has 3 aliphatic heterocycles. The van der Waals surface area contributed by atoms with Gasteiger partial charge in [-0.15, -0.1) is 0 Å². The molecule has 0 radical (unpaired) electrons. The highest BCUT2D eigenvalue weighted by molar-refractivity contribution is 6.11. The van der Waals surface area contributed by atoms with Crippen molar-refractivity contribution in [2.75, 3.05) is 34.4 Å². The third-order valence-corrected chi connectivity index (χ3v) is 8.05. The van der Waals surface area contributed by atoms with E-state index in [1.807, 2.05) is 4.98 Å². The minimum Gasteiger partial charge on any atom is -0.493 e. The highest BCUT2D eigenvalue weighted by Crippen LogP contribution is 2.44. The van der Waals surface area contributed by atoms with Gasteiger partial charge in [0, 0.05) is 24.8 Å². The molecule has 3 fully saturated rings. The molecule has 2 aromatic rings. The molecule has 0 saturated carbocycles. The van der Waals surface area contributed by atoms with Crippen molar-refractivity contribution >= 4 is 23.7 Å². The highest BCUT2D eigenvalue weighted by atomic mass is 16.6. The molecule has 3 amide bonds. The molecule has 1 aromatic carbocycles. The fourth-order valence-corrected chi connectivity index (χ4v) is 5.89. The molecule has 0 bridgehead atoms. The third-order valence-electron chi connectivity index (χ3n) is 8.05. The molecule has 236 valence electrons. The second kappa shape index (κ2) is 12.2. The van der Waals surface area contributed by atoms with Gasteiger partial charge in [0.2, 0.25) is 17.7 Å². The van der Waals surface area contributed by atoms with E-state index in [9.17, 15) is 39.0 Å². The number of methoxy groups -OCH3 is 3. The summed E-state index contributed by atoms with van der Waals surface area (Å²) in [7, 11) is 4.08. The Morgan fingerprint density at radius 3 is 2.36 bits per heavy atom. The summed E-state index contributed by atoms with van der Waals surface area (Å²) in [6.07, 6.45) is -4.52. The molecule has 17 heteroatoms. The van der Waals surface area contributed by atoms with E-state index < -0.39 is 89.9 Å². The number of carbonyl (C=O) groups excluding carboxylic acids is 4. The average Bonchev–Trinajstić information content (AvgIpc) is 3.62. The number of aromatic amines is 1. The molecule has 0 spiro atoms. The van der Waals surface area contributed by atoms with E-state index in [4.69, 9.17) is 18.9 Å². The molecule has 44 heavy (non-hydrogen) atoms. The van der Waals surface area contributed by atoms with E-state index in [2.05, 4.69) is 10.6 Å². The molecule has 0 unspecified atom stereocenters. The van der Waals surface area contributed by atoms with Crippen molar-refractivity contribution in [1.82, 2.24) is 25.1 Å². The van der Waals surface area contributed by atoms with Gasteiger partial charge in [-0.3, -0.25) is 43.7 Å². The van der Waals surface area contributed by atoms with Crippen LogP contribution in [0, 0.1) is 11.8 Å². The quantitative estimate of drug-likeness (QED) is 0.138. The lowest BCUT2D eigenvalue weighted by molar-refractivity contribution is -0.152. The summed E-state index contributed by atoms with van der Waals surface area (Å²) < 4.78 is 22.0. The zero-order chi connectivity index (χ0) is 31.9. The number of aromatic nitrogens is 2. The number of benzene rings is 1. The van der Waals surface area contributed by atoms with E-state index in [0.717, 1.165) is 21.7 Å². The molecule has 0 aliphatic carbocycles. The molecular formula is C27H31N5O12. The Bertz CT molecular complexity index is 1590. The minimum atomic E-state index is -1.57. The van der Waals surface area contributed by atoms with E-state index in [-0.39, 0.29) is 6.54 Å². The number of fused-ring (bicyclic) bond motifs is 1. The summed E-state index contributed by atoms with van der Waals surface area (Å²) in [5.41, 5.74) is -0.984. The summed E-state index contributed by atoms with van der Waals surface area (Å²) in [5, 5.41) is 26.3. The van der Waals surface area contributed by atoms with Crippen LogP contribution in [0.4, 0.5) is 0 Å². The topological polar surface area (TPSA) is 228 Å². The largest absolute Gasteiger partial charge is 0.493 e. The molecule has 5 N–H and O–H groups in total. The third kappa shape index (κ3) is 5.34. The van der Waals surface area contributed by atoms with Crippen molar-refractivity contribution < 1.29 is 48.3 Å². The van der Waals surface area contributed by atoms with E-state index in [1.54, 1.807) is 18.2 Å². The summed E-state index contributed by atoms with van der Waals surface area (Å²) in [4.78, 5) is 78.6. The number of H-pyrrole nitrogens is 1. The van der Waals surface area contributed by atoms with Crippen molar-refractivity contribution in [3.8, 4) is 11.5 Å². The number of ether oxygens (including phenoxy) is 4. The molecule has 5 rings (SSSR count). The van der Waals surface area contributed by atoms with Crippen molar-refractivity contribution in [3.05, 3.63) is 56.9 Å². The van der Waals surface area contributed by atoms with Crippen LogP contribution < -0.4 is 31.4 Å². The van der Waals surface area contributed by atoms with Crippen molar-refractivity contribution in [3.63, 3.8) is 0 Å². The van der Waals surface area contributed by atoms with Crippen molar-refractivity contribution in [2.24, 2.45) is 11.8 Å². The molecule has 3 saturated heterocycles. The zero-order valence-corrected chi connectivity index (χ0v) is 23.8. The number of imide groups is 1. The Morgan fingerprint density at radius 1 is 0.977 bits per heavy atom. The second-order valence-electron chi connectivity index (χ2n) is 10.4. The lowest BCUT2D eigenvalue weighted by Crippen LogP contribution is -2.47. The van der Waals surface area contributed by atoms with Crippen LogP contribution in [-0.4, -0.2) is 107 Å². The number of aliphatic hydroxyl groups is 2. The number of hydrogen-bond acceptors (Lipinski definition) is 13. The molecule has 17 nitrogen and oxygen atoms in total. The molecule has 3 aliphatic rings. The second-order valence-corrected chi connectivity index (χ2v) is 10.4. The molecule has 8 atom stereocenters. The Morgan fingerprint density at radius 2 is 1.70 bits per heavy atom. The van der Waals surface area contributed by atoms with Crippen molar-refractivity contribution in [2.45, 2.75) is 36.6 Å². The van der Waals surface area contributed by atoms with Crippen LogP contribution in [0.1, 0.15) is 17.8 Å². The Labute approximate surface area is 248 Å². The normalized spacial score (nSPS) is 29.4. The van der Waals surface area contributed by atoms with Crippen LogP contribution in [0.15, 0.2) is 40.1 Å². The maximum absolute atomic E-state index is 13.5.